The predicted octanol–water partition coefficient (Wildman–Crippen LogP) is 3.48. The van der Waals surface area contributed by atoms with Gasteiger partial charge < -0.3 is 14.8 Å². The van der Waals surface area contributed by atoms with Gasteiger partial charge in [-0.25, -0.2) is 4.39 Å². The van der Waals surface area contributed by atoms with Gasteiger partial charge in [-0.05, 0) is 37.1 Å². The van der Waals surface area contributed by atoms with Gasteiger partial charge in [-0.3, -0.25) is 4.79 Å². The van der Waals surface area contributed by atoms with Crippen LogP contribution in [-0.2, 0) is 17.8 Å². The Balaban J connectivity index is 1.85. The number of carbonyl (C=O) groups is 1. The van der Waals surface area contributed by atoms with Gasteiger partial charge >= 0.3 is 0 Å². The SMILES string of the molecule is CCOc1ccccc1CNC(=O)CCc1ccc(OC)c(F)c1. The van der Waals surface area contributed by atoms with E-state index >= 15 is 0 Å². The second-order valence-corrected chi connectivity index (χ2v) is 5.29. The summed E-state index contributed by atoms with van der Waals surface area (Å²) in [6.45, 7) is 2.91. The number of nitrogens with one attached hydrogen (secondary N) is 1. The number of rotatable bonds is 8. The summed E-state index contributed by atoms with van der Waals surface area (Å²) in [6.07, 6.45) is 0.766. The molecule has 0 spiro atoms. The summed E-state index contributed by atoms with van der Waals surface area (Å²) < 4.78 is 24.0. The zero-order chi connectivity index (χ0) is 17.4. The molecule has 2 aromatic rings. The average Bonchev–Trinajstić information content (AvgIpc) is 2.59. The standard InChI is InChI=1S/C19H22FNO3/c1-3-24-17-7-5-4-6-15(17)13-21-19(22)11-9-14-8-10-18(23-2)16(20)12-14/h4-8,10,12H,3,9,11,13H2,1-2H3,(H,21,22). The molecule has 0 radical (unpaired) electrons. The molecule has 24 heavy (non-hydrogen) atoms. The van der Waals surface area contributed by atoms with Gasteiger partial charge in [0.2, 0.25) is 5.91 Å². The van der Waals surface area contributed by atoms with Crippen LogP contribution in [0.5, 0.6) is 11.5 Å². The second-order valence-electron chi connectivity index (χ2n) is 5.29. The van der Waals surface area contributed by atoms with Crippen molar-refractivity contribution in [2.24, 2.45) is 0 Å². The Labute approximate surface area is 141 Å². The number of carbonyl (C=O) groups excluding carboxylic acids is 1. The molecule has 0 aliphatic rings. The Morgan fingerprint density at radius 1 is 1.17 bits per heavy atom. The first-order valence-electron chi connectivity index (χ1n) is 7.93. The Morgan fingerprint density at radius 3 is 2.67 bits per heavy atom. The molecule has 0 aliphatic carbocycles. The van der Waals surface area contributed by atoms with Crippen LogP contribution in [0, 0.1) is 5.82 Å². The first-order valence-corrected chi connectivity index (χ1v) is 7.93. The van der Waals surface area contributed by atoms with Gasteiger partial charge in [0.1, 0.15) is 5.75 Å². The van der Waals surface area contributed by atoms with Crippen LogP contribution in [0.3, 0.4) is 0 Å². The molecule has 0 aromatic heterocycles. The van der Waals surface area contributed by atoms with Crippen LogP contribution in [0.2, 0.25) is 0 Å². The highest BCUT2D eigenvalue weighted by Crippen LogP contribution is 2.19. The van der Waals surface area contributed by atoms with Gasteiger partial charge in [0.25, 0.3) is 0 Å². The van der Waals surface area contributed by atoms with Crippen molar-refractivity contribution < 1.29 is 18.7 Å². The average molecular weight is 331 g/mol. The fourth-order valence-corrected chi connectivity index (χ4v) is 2.35. The molecule has 0 atom stereocenters. The summed E-state index contributed by atoms with van der Waals surface area (Å²) in [6, 6.07) is 12.3. The summed E-state index contributed by atoms with van der Waals surface area (Å²) in [5.74, 6) is 0.479. The maximum atomic E-state index is 13.6. The molecule has 1 N–H and O–H groups in total. The van der Waals surface area contributed by atoms with E-state index in [1.165, 1.54) is 13.2 Å². The third kappa shape index (κ3) is 4.98. The summed E-state index contributed by atoms with van der Waals surface area (Å²) in [7, 11) is 1.42. The molecular formula is C19H22FNO3. The molecule has 0 saturated heterocycles. The molecule has 0 aliphatic heterocycles. The lowest BCUT2D eigenvalue weighted by Gasteiger charge is -2.11. The minimum absolute atomic E-state index is 0.0856. The van der Waals surface area contributed by atoms with E-state index in [4.69, 9.17) is 9.47 Å². The summed E-state index contributed by atoms with van der Waals surface area (Å²) in [4.78, 5) is 12.0. The van der Waals surface area contributed by atoms with Crippen LogP contribution in [0.4, 0.5) is 4.39 Å². The predicted molar refractivity (Wildman–Crippen MR) is 90.7 cm³/mol. The minimum Gasteiger partial charge on any atom is -0.494 e. The van der Waals surface area contributed by atoms with Gasteiger partial charge in [-0.15, -0.1) is 0 Å². The van der Waals surface area contributed by atoms with E-state index in [2.05, 4.69) is 5.32 Å². The molecule has 0 heterocycles. The van der Waals surface area contributed by atoms with Gasteiger partial charge in [0.15, 0.2) is 11.6 Å². The van der Waals surface area contributed by atoms with Crippen LogP contribution >= 0.6 is 0 Å². The summed E-state index contributed by atoms with van der Waals surface area (Å²) >= 11 is 0. The number of ether oxygens (including phenoxy) is 2. The Kier molecular flexibility index (Phi) is 6.61. The number of hydrogen-bond donors (Lipinski definition) is 1. The highest BCUT2D eigenvalue weighted by Gasteiger charge is 2.08. The maximum Gasteiger partial charge on any atom is 0.220 e. The molecule has 0 saturated carbocycles. The van der Waals surface area contributed by atoms with Crippen molar-refractivity contribution in [1.82, 2.24) is 5.32 Å². The lowest BCUT2D eigenvalue weighted by atomic mass is 10.1. The second kappa shape index (κ2) is 8.91. The van der Waals surface area contributed by atoms with Gasteiger partial charge in [-0.1, -0.05) is 24.3 Å². The van der Waals surface area contributed by atoms with Crippen LogP contribution < -0.4 is 14.8 Å². The third-order valence-corrected chi connectivity index (χ3v) is 3.61. The summed E-state index contributed by atoms with van der Waals surface area (Å²) in [5, 5.41) is 2.87. The Morgan fingerprint density at radius 2 is 1.96 bits per heavy atom. The number of aryl methyl sites for hydroxylation is 1. The number of methoxy groups -OCH3 is 1. The molecule has 2 aromatic carbocycles. The van der Waals surface area contributed by atoms with Crippen molar-refractivity contribution in [3.8, 4) is 11.5 Å². The molecule has 2 rings (SSSR count). The molecule has 128 valence electrons. The van der Waals surface area contributed by atoms with Gasteiger partial charge in [0, 0.05) is 18.5 Å². The fraction of sp³-hybridized carbons (Fsp3) is 0.316. The zero-order valence-corrected chi connectivity index (χ0v) is 14.0. The minimum atomic E-state index is -0.416. The topological polar surface area (TPSA) is 47.6 Å². The first-order chi connectivity index (χ1) is 11.6. The maximum absolute atomic E-state index is 13.6. The zero-order valence-electron chi connectivity index (χ0n) is 14.0. The number of halogens is 1. The molecule has 4 nitrogen and oxygen atoms in total. The lowest BCUT2D eigenvalue weighted by molar-refractivity contribution is -0.121. The van der Waals surface area contributed by atoms with Crippen LogP contribution in [0.25, 0.3) is 0 Å². The van der Waals surface area contributed by atoms with Crippen molar-refractivity contribution in [2.45, 2.75) is 26.3 Å². The monoisotopic (exact) mass is 331 g/mol. The van der Waals surface area contributed by atoms with E-state index in [-0.39, 0.29) is 11.7 Å². The number of benzene rings is 2. The van der Waals surface area contributed by atoms with E-state index < -0.39 is 5.82 Å². The quantitative estimate of drug-likeness (QED) is 0.805. The van der Waals surface area contributed by atoms with Gasteiger partial charge in [-0.2, -0.15) is 0 Å². The molecule has 0 unspecified atom stereocenters. The largest absolute Gasteiger partial charge is 0.494 e. The molecular weight excluding hydrogens is 309 g/mol. The van der Waals surface area contributed by atoms with Crippen molar-refractivity contribution in [3.63, 3.8) is 0 Å². The Bertz CT molecular complexity index is 688. The van der Waals surface area contributed by atoms with Gasteiger partial charge in [0.05, 0.1) is 13.7 Å². The highest BCUT2D eigenvalue weighted by atomic mass is 19.1. The number of hydrogen-bond acceptors (Lipinski definition) is 3. The number of para-hydroxylation sites is 1. The molecule has 0 fully saturated rings. The fourth-order valence-electron chi connectivity index (χ4n) is 2.35. The van der Waals surface area contributed by atoms with E-state index in [0.717, 1.165) is 16.9 Å². The molecule has 0 bridgehead atoms. The third-order valence-electron chi connectivity index (χ3n) is 3.61. The Hall–Kier alpha value is -2.56. The lowest BCUT2D eigenvalue weighted by Crippen LogP contribution is -2.23. The highest BCUT2D eigenvalue weighted by molar-refractivity contribution is 5.76. The van der Waals surface area contributed by atoms with Crippen molar-refractivity contribution in [2.75, 3.05) is 13.7 Å². The van der Waals surface area contributed by atoms with Crippen molar-refractivity contribution in [3.05, 3.63) is 59.4 Å². The summed E-state index contributed by atoms with van der Waals surface area (Å²) in [5.41, 5.74) is 1.70. The normalized spacial score (nSPS) is 10.3. The van der Waals surface area contributed by atoms with Crippen molar-refractivity contribution >= 4 is 5.91 Å². The van der Waals surface area contributed by atoms with Crippen molar-refractivity contribution in [1.29, 1.82) is 0 Å². The van der Waals surface area contributed by atoms with Crippen LogP contribution in [0.15, 0.2) is 42.5 Å². The van der Waals surface area contributed by atoms with Crippen LogP contribution in [0.1, 0.15) is 24.5 Å². The van der Waals surface area contributed by atoms with E-state index in [1.807, 2.05) is 31.2 Å². The van der Waals surface area contributed by atoms with Crippen LogP contribution in [-0.4, -0.2) is 19.6 Å². The smallest absolute Gasteiger partial charge is 0.220 e. The molecule has 1 amide bonds. The first kappa shape index (κ1) is 17.8. The number of amides is 1. The van der Waals surface area contributed by atoms with E-state index in [9.17, 15) is 9.18 Å². The van der Waals surface area contributed by atoms with E-state index in [0.29, 0.717) is 26.0 Å². The van der Waals surface area contributed by atoms with E-state index in [1.54, 1.807) is 12.1 Å². The molecule has 5 heteroatoms.